The van der Waals surface area contributed by atoms with Crippen molar-refractivity contribution in [2.24, 2.45) is 5.41 Å². The van der Waals surface area contributed by atoms with Gasteiger partial charge in [-0.1, -0.05) is 20.8 Å². The van der Waals surface area contributed by atoms with Crippen LogP contribution in [0, 0.1) is 11.2 Å². The summed E-state index contributed by atoms with van der Waals surface area (Å²) in [6, 6.07) is -0.226. The van der Waals surface area contributed by atoms with Gasteiger partial charge in [0.2, 0.25) is 5.28 Å². The second-order valence-electron chi connectivity index (χ2n) is 5.30. The summed E-state index contributed by atoms with van der Waals surface area (Å²) in [7, 11) is 0. The molecule has 0 spiro atoms. The summed E-state index contributed by atoms with van der Waals surface area (Å²) in [5, 5.41) is 2.90. The number of rotatable bonds is 4. The first-order valence-electron chi connectivity index (χ1n) is 5.64. The third-order valence-electron chi connectivity index (χ3n) is 2.56. The van der Waals surface area contributed by atoms with E-state index in [1.165, 1.54) is 6.92 Å². The van der Waals surface area contributed by atoms with Crippen molar-refractivity contribution in [1.29, 1.82) is 0 Å². The molecule has 18 heavy (non-hydrogen) atoms. The van der Waals surface area contributed by atoms with E-state index < -0.39 is 5.82 Å². The molecule has 0 saturated carbocycles. The van der Waals surface area contributed by atoms with Crippen molar-refractivity contribution < 1.29 is 9.18 Å². The molecule has 0 saturated heterocycles. The summed E-state index contributed by atoms with van der Waals surface area (Å²) >= 11 is 5.62. The predicted octanol–water partition coefficient (Wildman–Crippen LogP) is 3.07. The van der Waals surface area contributed by atoms with Crippen LogP contribution in [0.25, 0.3) is 0 Å². The Morgan fingerprint density at radius 1 is 1.56 bits per heavy atom. The maximum absolute atomic E-state index is 13.5. The maximum Gasteiger partial charge on any atom is 0.224 e. The number of hydrogen-bond donors (Lipinski definition) is 1. The van der Waals surface area contributed by atoms with Crippen molar-refractivity contribution in [2.75, 3.05) is 5.32 Å². The van der Waals surface area contributed by atoms with E-state index in [0.29, 0.717) is 6.42 Å². The molecule has 1 N–H and O–H groups in total. The van der Waals surface area contributed by atoms with Gasteiger partial charge < -0.3 is 5.32 Å². The highest BCUT2D eigenvalue weighted by atomic mass is 35.5. The second-order valence-corrected chi connectivity index (χ2v) is 5.64. The number of nitrogens with one attached hydrogen (secondary N) is 1. The Bertz CT molecular complexity index is 445. The monoisotopic (exact) mass is 273 g/mol. The van der Waals surface area contributed by atoms with E-state index in [0.717, 1.165) is 6.20 Å². The maximum atomic E-state index is 13.5. The van der Waals surface area contributed by atoms with Crippen LogP contribution in [0.2, 0.25) is 5.28 Å². The smallest absolute Gasteiger partial charge is 0.224 e. The molecule has 1 aromatic rings. The van der Waals surface area contributed by atoms with Crippen LogP contribution in [0.4, 0.5) is 10.2 Å². The van der Waals surface area contributed by atoms with E-state index >= 15 is 0 Å². The number of halogens is 2. The largest absolute Gasteiger partial charge is 0.364 e. The summed E-state index contributed by atoms with van der Waals surface area (Å²) < 4.78 is 13.5. The van der Waals surface area contributed by atoms with Crippen LogP contribution in [0.5, 0.6) is 0 Å². The average Bonchev–Trinajstić information content (AvgIpc) is 2.20. The molecule has 6 heteroatoms. The predicted molar refractivity (Wildman–Crippen MR) is 69.2 cm³/mol. The molecule has 0 bridgehead atoms. The van der Waals surface area contributed by atoms with Crippen LogP contribution in [0.15, 0.2) is 6.20 Å². The Morgan fingerprint density at radius 3 is 2.67 bits per heavy atom. The number of aromatic nitrogens is 2. The quantitative estimate of drug-likeness (QED) is 0.857. The van der Waals surface area contributed by atoms with Gasteiger partial charge in [-0.15, -0.1) is 0 Å². The van der Waals surface area contributed by atoms with Gasteiger partial charge in [-0.25, -0.2) is 9.37 Å². The SMILES string of the molecule is CC(=O)C[C@@H](Nc1nc(Cl)ncc1F)C(C)(C)C. The Hall–Kier alpha value is -1.23. The average molecular weight is 274 g/mol. The molecule has 0 aliphatic rings. The van der Waals surface area contributed by atoms with Crippen LogP contribution in [0.3, 0.4) is 0 Å². The summed E-state index contributed by atoms with van der Waals surface area (Å²) in [5.41, 5.74) is -0.213. The first-order valence-corrected chi connectivity index (χ1v) is 6.02. The number of Topliss-reactive ketones (excluding diaryl/α,β-unsaturated/α-hetero) is 1. The van der Waals surface area contributed by atoms with Crippen molar-refractivity contribution in [3.05, 3.63) is 17.3 Å². The van der Waals surface area contributed by atoms with Gasteiger partial charge in [0.25, 0.3) is 0 Å². The van der Waals surface area contributed by atoms with Gasteiger partial charge in [-0.3, -0.25) is 4.79 Å². The van der Waals surface area contributed by atoms with Gasteiger partial charge in [-0.2, -0.15) is 4.98 Å². The van der Waals surface area contributed by atoms with E-state index in [4.69, 9.17) is 11.6 Å². The minimum Gasteiger partial charge on any atom is -0.364 e. The Labute approximate surface area is 111 Å². The molecular formula is C12H17ClFN3O. The molecule has 0 amide bonds. The molecule has 100 valence electrons. The first kappa shape index (κ1) is 14.8. The molecular weight excluding hydrogens is 257 g/mol. The van der Waals surface area contributed by atoms with E-state index in [1.54, 1.807) is 0 Å². The first-order chi connectivity index (χ1) is 8.20. The number of carbonyl (C=O) groups excluding carboxylic acids is 1. The second kappa shape index (κ2) is 5.61. The summed E-state index contributed by atoms with van der Waals surface area (Å²) in [4.78, 5) is 18.6. The fourth-order valence-corrected chi connectivity index (χ4v) is 1.61. The summed E-state index contributed by atoms with van der Waals surface area (Å²) in [6.45, 7) is 7.40. The van der Waals surface area contributed by atoms with Crippen LogP contribution in [-0.2, 0) is 4.79 Å². The van der Waals surface area contributed by atoms with Gasteiger partial charge in [0.05, 0.1) is 6.20 Å². The molecule has 0 radical (unpaired) electrons. The number of nitrogens with zero attached hydrogens (tertiary/aromatic N) is 2. The molecule has 1 aromatic heterocycles. The molecule has 0 aliphatic heterocycles. The highest BCUT2D eigenvalue weighted by Gasteiger charge is 2.27. The van der Waals surface area contributed by atoms with E-state index in [-0.39, 0.29) is 28.3 Å². The van der Waals surface area contributed by atoms with E-state index in [1.807, 2.05) is 20.8 Å². The minimum absolute atomic E-state index is 0.0242. The van der Waals surface area contributed by atoms with Gasteiger partial charge in [0.15, 0.2) is 11.6 Å². The lowest BCUT2D eigenvalue weighted by Crippen LogP contribution is -2.36. The number of ketones is 1. The zero-order chi connectivity index (χ0) is 13.9. The summed E-state index contributed by atoms with van der Waals surface area (Å²) in [6.07, 6.45) is 1.30. The van der Waals surface area contributed by atoms with Crippen molar-refractivity contribution in [2.45, 2.75) is 40.2 Å². The Balaban J connectivity index is 2.96. The Kier molecular flexibility index (Phi) is 4.62. The van der Waals surface area contributed by atoms with Crippen molar-refractivity contribution in [1.82, 2.24) is 9.97 Å². The lowest BCUT2D eigenvalue weighted by molar-refractivity contribution is -0.117. The van der Waals surface area contributed by atoms with Crippen molar-refractivity contribution in [3.8, 4) is 0 Å². The molecule has 1 rings (SSSR count). The molecule has 4 nitrogen and oxygen atoms in total. The topological polar surface area (TPSA) is 54.9 Å². The van der Waals surface area contributed by atoms with Gasteiger partial charge in [-0.05, 0) is 23.9 Å². The minimum atomic E-state index is -0.586. The van der Waals surface area contributed by atoms with Crippen LogP contribution < -0.4 is 5.32 Å². The number of hydrogen-bond acceptors (Lipinski definition) is 4. The van der Waals surface area contributed by atoms with Crippen molar-refractivity contribution in [3.63, 3.8) is 0 Å². The highest BCUT2D eigenvalue weighted by molar-refractivity contribution is 6.28. The van der Waals surface area contributed by atoms with Crippen LogP contribution in [-0.4, -0.2) is 21.8 Å². The normalized spacial score (nSPS) is 13.2. The fraction of sp³-hybridized carbons (Fsp3) is 0.583. The van der Waals surface area contributed by atoms with Crippen LogP contribution in [0.1, 0.15) is 34.1 Å². The zero-order valence-corrected chi connectivity index (χ0v) is 11.7. The van der Waals surface area contributed by atoms with Gasteiger partial charge in [0, 0.05) is 12.5 Å². The summed E-state index contributed by atoms with van der Waals surface area (Å²) in [5.74, 6) is -0.531. The molecule has 0 fully saturated rings. The molecule has 1 heterocycles. The van der Waals surface area contributed by atoms with Crippen LogP contribution >= 0.6 is 11.6 Å². The highest BCUT2D eigenvalue weighted by Crippen LogP contribution is 2.26. The third kappa shape index (κ3) is 4.22. The van der Waals surface area contributed by atoms with E-state index in [9.17, 15) is 9.18 Å². The number of carbonyl (C=O) groups is 1. The molecule has 0 aromatic carbocycles. The third-order valence-corrected chi connectivity index (χ3v) is 2.74. The zero-order valence-electron chi connectivity index (χ0n) is 10.9. The van der Waals surface area contributed by atoms with E-state index in [2.05, 4.69) is 15.3 Å². The van der Waals surface area contributed by atoms with Crippen molar-refractivity contribution >= 4 is 23.2 Å². The molecule has 0 aliphatic carbocycles. The molecule has 1 atom stereocenters. The fourth-order valence-electron chi connectivity index (χ4n) is 1.47. The number of anilines is 1. The Morgan fingerprint density at radius 2 is 2.17 bits per heavy atom. The lowest BCUT2D eigenvalue weighted by Gasteiger charge is -2.31. The standard InChI is InChI=1S/C12H17ClFN3O/c1-7(18)5-9(12(2,3)4)16-10-8(14)6-15-11(13)17-10/h6,9H,5H2,1-4H3,(H,15,16,17)/t9-/m1/s1. The molecule has 0 unspecified atom stereocenters. The van der Waals surface area contributed by atoms with Gasteiger partial charge >= 0.3 is 0 Å². The lowest BCUT2D eigenvalue weighted by atomic mass is 9.84. The van der Waals surface area contributed by atoms with Gasteiger partial charge in [0.1, 0.15) is 5.78 Å².